The van der Waals surface area contributed by atoms with Gasteiger partial charge in [0.05, 0.1) is 22.4 Å². The zero-order valence-corrected chi connectivity index (χ0v) is 23.8. The van der Waals surface area contributed by atoms with Gasteiger partial charge in [0.2, 0.25) is 0 Å². The second kappa shape index (κ2) is 10.2. The number of thioether (sulfide) groups is 1. The van der Waals surface area contributed by atoms with Crippen LogP contribution < -0.4 is 14.8 Å². The van der Waals surface area contributed by atoms with E-state index in [-0.39, 0.29) is 29.7 Å². The Morgan fingerprint density at radius 3 is 2.61 bits per heavy atom. The monoisotopic (exact) mass is 556 g/mol. The molecule has 1 aromatic carbocycles. The van der Waals surface area contributed by atoms with Crippen LogP contribution in [0.25, 0.3) is 0 Å². The van der Waals surface area contributed by atoms with E-state index < -0.39 is 11.7 Å². The predicted octanol–water partition coefficient (Wildman–Crippen LogP) is 4.75. The first kappa shape index (κ1) is 27.0. The quantitative estimate of drug-likeness (QED) is 0.517. The molecule has 1 saturated heterocycles. The molecule has 4 aliphatic rings. The van der Waals surface area contributed by atoms with Gasteiger partial charge in [-0.15, -0.1) is 11.8 Å². The van der Waals surface area contributed by atoms with Gasteiger partial charge in [0.25, 0.3) is 17.6 Å². The lowest BCUT2D eigenvalue weighted by molar-refractivity contribution is -0.125. The molecular formula is C28H33ClN4O4S. The topological polar surface area (TPSA) is 104 Å². The normalized spacial score (nSPS) is 26.4. The fraction of sp³-hybridized carbons (Fsp3) is 0.571. The molecule has 0 radical (unpaired) electrons. The van der Waals surface area contributed by atoms with Crippen molar-refractivity contribution in [1.82, 2.24) is 10.2 Å². The van der Waals surface area contributed by atoms with Gasteiger partial charge in [0.15, 0.2) is 11.5 Å². The third-order valence-corrected chi connectivity index (χ3v) is 9.38. The summed E-state index contributed by atoms with van der Waals surface area (Å²) in [7, 11) is 0. The Morgan fingerprint density at radius 1 is 1.29 bits per heavy atom. The predicted molar refractivity (Wildman–Crippen MR) is 148 cm³/mol. The van der Waals surface area contributed by atoms with E-state index in [9.17, 15) is 14.9 Å². The summed E-state index contributed by atoms with van der Waals surface area (Å²) >= 11 is 8.09. The lowest BCUT2D eigenvalue weighted by Gasteiger charge is -2.39. The highest BCUT2D eigenvalue weighted by molar-refractivity contribution is 8.02. The number of halogens is 1. The summed E-state index contributed by atoms with van der Waals surface area (Å²) in [6, 6.07) is 4.09. The number of allylic oxidation sites excluding steroid dienone is 1. The number of likely N-dealkylation sites (tertiary alicyclic amines) is 1. The van der Waals surface area contributed by atoms with Crippen LogP contribution in [-0.4, -0.2) is 60.6 Å². The number of dihydropyridines is 1. The Kier molecular flexibility index (Phi) is 7.27. The van der Waals surface area contributed by atoms with Crippen molar-refractivity contribution in [2.75, 3.05) is 32.4 Å². The van der Waals surface area contributed by atoms with Gasteiger partial charge in [0.1, 0.15) is 0 Å². The SMILES string of the molecule is CSC1=CC(C)=NC(=O)C1CNC(=O)c1cc(Cl)c2c(c1C)OC(C)(C1CCN(CC3(C#N)CC3)CC1)O2. The third kappa shape index (κ3) is 5.06. The molecule has 2 fully saturated rings. The summed E-state index contributed by atoms with van der Waals surface area (Å²) in [5.41, 5.74) is 1.57. The van der Waals surface area contributed by atoms with Crippen molar-refractivity contribution >= 4 is 40.9 Å². The minimum Gasteiger partial charge on any atom is -0.448 e. The number of ether oxygens (including phenoxy) is 2. The lowest BCUT2D eigenvalue weighted by atomic mass is 9.88. The van der Waals surface area contributed by atoms with E-state index in [1.54, 1.807) is 13.0 Å². The average Bonchev–Trinajstić information content (AvgIpc) is 3.57. The first-order chi connectivity index (χ1) is 18.1. The Balaban J connectivity index is 1.25. The number of carbonyl (C=O) groups is 2. The molecule has 1 saturated carbocycles. The van der Waals surface area contributed by atoms with Gasteiger partial charge in [-0.3, -0.25) is 9.59 Å². The van der Waals surface area contributed by atoms with Gasteiger partial charge < -0.3 is 19.7 Å². The van der Waals surface area contributed by atoms with E-state index in [0.29, 0.717) is 33.4 Å². The van der Waals surface area contributed by atoms with Crippen LogP contribution in [0.2, 0.25) is 5.02 Å². The lowest BCUT2D eigenvalue weighted by Crippen LogP contribution is -2.49. The van der Waals surface area contributed by atoms with Crippen molar-refractivity contribution < 1.29 is 19.1 Å². The van der Waals surface area contributed by atoms with E-state index in [1.807, 2.05) is 26.2 Å². The van der Waals surface area contributed by atoms with Crippen molar-refractivity contribution in [3.8, 4) is 17.6 Å². The molecule has 1 aromatic rings. The Hall–Kier alpha value is -2.54. The Bertz CT molecular complexity index is 1280. The fourth-order valence-corrected chi connectivity index (χ4v) is 6.63. The molecule has 2 atom stereocenters. The van der Waals surface area contributed by atoms with Crippen LogP contribution in [0.15, 0.2) is 22.0 Å². The van der Waals surface area contributed by atoms with Gasteiger partial charge in [-0.2, -0.15) is 5.26 Å². The second-order valence-corrected chi connectivity index (χ2v) is 12.2. The highest BCUT2D eigenvalue weighted by Gasteiger charge is 2.49. The molecule has 8 nitrogen and oxygen atoms in total. The summed E-state index contributed by atoms with van der Waals surface area (Å²) < 4.78 is 12.8. The first-order valence-electron chi connectivity index (χ1n) is 13.1. The summed E-state index contributed by atoms with van der Waals surface area (Å²) in [4.78, 5) is 33.0. The summed E-state index contributed by atoms with van der Waals surface area (Å²) in [5.74, 6) is -0.860. The number of benzene rings is 1. The van der Waals surface area contributed by atoms with Crippen molar-refractivity contribution in [3.05, 3.63) is 33.2 Å². The molecule has 5 rings (SSSR count). The maximum absolute atomic E-state index is 13.2. The second-order valence-electron chi connectivity index (χ2n) is 11.0. The maximum Gasteiger partial charge on any atom is 0.255 e. The van der Waals surface area contributed by atoms with Gasteiger partial charge >= 0.3 is 0 Å². The molecule has 3 aliphatic heterocycles. The van der Waals surface area contributed by atoms with E-state index >= 15 is 0 Å². The van der Waals surface area contributed by atoms with Crippen LogP contribution in [0.1, 0.15) is 55.5 Å². The van der Waals surface area contributed by atoms with Gasteiger partial charge in [-0.05, 0) is 71.0 Å². The molecule has 0 spiro atoms. The molecule has 1 N–H and O–H groups in total. The van der Waals surface area contributed by atoms with Gasteiger partial charge in [0, 0.05) is 47.7 Å². The van der Waals surface area contributed by atoms with E-state index in [2.05, 4.69) is 21.3 Å². The number of amides is 2. The standard InChI is InChI=1S/C28H33ClN4O4S/c1-16-11-22(38-4)20(26(35)32-16)13-31-25(34)19-12-21(29)24-23(17(19)2)36-27(3,37-24)18-5-9-33(10-6-18)15-28(14-30)7-8-28/h11-12,18,20H,5-10,13,15H2,1-4H3,(H,31,34). The fourth-order valence-electron chi connectivity index (χ4n) is 5.64. The molecule has 3 heterocycles. The minimum atomic E-state index is -0.882. The zero-order valence-electron chi connectivity index (χ0n) is 22.2. The Morgan fingerprint density at radius 2 is 1.97 bits per heavy atom. The number of rotatable bonds is 7. The number of nitriles is 1. The number of nitrogens with one attached hydrogen (secondary N) is 1. The zero-order chi connectivity index (χ0) is 27.2. The van der Waals surface area contributed by atoms with Crippen LogP contribution in [0.5, 0.6) is 11.5 Å². The molecule has 2 amide bonds. The molecule has 1 aliphatic carbocycles. The van der Waals surface area contributed by atoms with Crippen molar-refractivity contribution in [3.63, 3.8) is 0 Å². The number of carbonyl (C=O) groups excluding carboxylic acids is 2. The van der Waals surface area contributed by atoms with Crippen LogP contribution in [-0.2, 0) is 4.79 Å². The van der Waals surface area contributed by atoms with Crippen molar-refractivity contribution in [2.24, 2.45) is 22.2 Å². The summed E-state index contributed by atoms with van der Waals surface area (Å²) in [6.07, 6.45) is 7.56. The van der Waals surface area contributed by atoms with Crippen molar-refractivity contribution in [2.45, 2.75) is 52.2 Å². The molecule has 0 bridgehead atoms. The van der Waals surface area contributed by atoms with Gasteiger partial charge in [-0.25, -0.2) is 4.99 Å². The third-order valence-electron chi connectivity index (χ3n) is 8.22. The number of hydrogen-bond acceptors (Lipinski definition) is 7. The van der Waals surface area contributed by atoms with Crippen LogP contribution >= 0.6 is 23.4 Å². The molecule has 2 unspecified atom stereocenters. The van der Waals surface area contributed by atoms with Crippen LogP contribution in [0.3, 0.4) is 0 Å². The summed E-state index contributed by atoms with van der Waals surface area (Å²) in [5, 5.41) is 12.6. The molecule has 10 heteroatoms. The highest BCUT2D eigenvalue weighted by atomic mass is 35.5. The average molecular weight is 557 g/mol. The molecule has 202 valence electrons. The van der Waals surface area contributed by atoms with Gasteiger partial charge in [-0.1, -0.05) is 11.6 Å². The molecular weight excluding hydrogens is 524 g/mol. The Labute approximate surface area is 232 Å². The molecule has 0 aromatic heterocycles. The number of aliphatic imine (C=N–C) groups is 1. The first-order valence-corrected chi connectivity index (χ1v) is 14.7. The van der Waals surface area contributed by atoms with Crippen LogP contribution in [0, 0.1) is 35.5 Å². The number of nitrogens with zero attached hydrogens (tertiary/aromatic N) is 3. The van der Waals surface area contributed by atoms with Crippen molar-refractivity contribution in [1.29, 1.82) is 5.26 Å². The van der Waals surface area contributed by atoms with Crippen LogP contribution in [0.4, 0.5) is 0 Å². The summed E-state index contributed by atoms with van der Waals surface area (Å²) in [6.45, 7) is 8.32. The minimum absolute atomic E-state index is 0.140. The molecule has 38 heavy (non-hydrogen) atoms. The number of fused-ring (bicyclic) bond motifs is 1. The maximum atomic E-state index is 13.2. The van der Waals surface area contributed by atoms with E-state index in [0.717, 1.165) is 50.2 Å². The smallest absolute Gasteiger partial charge is 0.255 e. The number of piperidine rings is 1. The largest absolute Gasteiger partial charge is 0.448 e. The van der Waals surface area contributed by atoms with E-state index in [4.69, 9.17) is 21.1 Å². The van der Waals surface area contributed by atoms with E-state index in [1.165, 1.54) is 11.8 Å². The highest BCUT2D eigenvalue weighted by Crippen LogP contribution is 2.51. The number of hydrogen-bond donors (Lipinski definition) is 1.